The molecule has 1 aromatic rings. The van der Waals surface area contributed by atoms with Crippen LogP contribution in [0.25, 0.3) is 0 Å². The molecule has 0 saturated carbocycles. The number of hydrogen-bond donors (Lipinski definition) is 4. The molecule has 1 fully saturated rings. The summed E-state index contributed by atoms with van der Waals surface area (Å²) < 4.78 is 4.90. The van der Waals surface area contributed by atoms with Crippen LogP contribution in [0.3, 0.4) is 0 Å². The highest BCUT2D eigenvalue weighted by molar-refractivity contribution is 5.97. The fourth-order valence-electron chi connectivity index (χ4n) is 3.43. The van der Waals surface area contributed by atoms with Gasteiger partial charge < -0.3 is 30.7 Å². The van der Waals surface area contributed by atoms with Crippen molar-refractivity contribution >= 4 is 29.8 Å². The number of alkyl carbamates (subject to hydrolysis) is 1. The van der Waals surface area contributed by atoms with E-state index < -0.39 is 54.5 Å². The van der Waals surface area contributed by atoms with Crippen LogP contribution in [-0.2, 0) is 30.3 Å². The van der Waals surface area contributed by atoms with Gasteiger partial charge in [0.15, 0.2) is 0 Å². The lowest BCUT2D eigenvalue weighted by Gasteiger charge is -2.21. The molecule has 2 rings (SSSR count). The Bertz CT molecular complexity index is 935. The summed E-state index contributed by atoms with van der Waals surface area (Å²) in [6.07, 6.45) is 1.14. The van der Waals surface area contributed by atoms with Gasteiger partial charge in [0.05, 0.1) is 6.54 Å². The summed E-state index contributed by atoms with van der Waals surface area (Å²) in [7, 11) is 0. The zero-order valence-corrected chi connectivity index (χ0v) is 19.9. The fraction of sp³-hybridized carbons (Fsp3) is 0.458. The molecule has 1 aliphatic rings. The minimum absolute atomic E-state index is 0.00405. The van der Waals surface area contributed by atoms with Crippen molar-refractivity contribution < 1.29 is 33.8 Å². The van der Waals surface area contributed by atoms with Crippen LogP contribution < -0.4 is 16.0 Å². The van der Waals surface area contributed by atoms with Gasteiger partial charge in [-0.25, -0.2) is 4.79 Å². The molecule has 3 atom stereocenters. The number of nitrogens with zero attached hydrogens (tertiary/aromatic N) is 1. The maximum atomic E-state index is 13.0. The number of amides is 4. The number of nitrogens with one attached hydrogen (secondary N) is 3. The van der Waals surface area contributed by atoms with Crippen LogP contribution in [-0.4, -0.2) is 77.6 Å². The molecule has 1 heterocycles. The van der Waals surface area contributed by atoms with Gasteiger partial charge in [-0.15, -0.1) is 0 Å². The van der Waals surface area contributed by atoms with Gasteiger partial charge in [0.25, 0.3) is 0 Å². The number of rotatable bonds is 13. The molecule has 11 nitrogen and oxygen atoms in total. The molecule has 0 radical (unpaired) electrons. The highest BCUT2D eigenvalue weighted by atomic mass is 16.5. The van der Waals surface area contributed by atoms with E-state index in [-0.39, 0.29) is 25.5 Å². The molecule has 0 spiro atoms. The van der Waals surface area contributed by atoms with E-state index in [1.807, 2.05) is 19.9 Å². The first-order valence-electron chi connectivity index (χ1n) is 11.3. The van der Waals surface area contributed by atoms with E-state index in [1.165, 1.54) is 11.0 Å². The van der Waals surface area contributed by atoms with Gasteiger partial charge in [-0.2, -0.15) is 0 Å². The topological polar surface area (TPSA) is 154 Å². The third-order valence-corrected chi connectivity index (χ3v) is 5.16. The Hall–Kier alpha value is -3.89. The van der Waals surface area contributed by atoms with Crippen LogP contribution in [0.5, 0.6) is 0 Å². The summed E-state index contributed by atoms with van der Waals surface area (Å²) >= 11 is 0. The van der Waals surface area contributed by atoms with Crippen molar-refractivity contribution in [3.63, 3.8) is 0 Å². The summed E-state index contributed by atoms with van der Waals surface area (Å²) in [5, 5.41) is 16.3. The molecular formula is C24H32N4O7. The van der Waals surface area contributed by atoms with E-state index in [2.05, 4.69) is 22.5 Å². The van der Waals surface area contributed by atoms with Crippen LogP contribution >= 0.6 is 0 Å². The van der Waals surface area contributed by atoms with Gasteiger partial charge in [0.2, 0.25) is 17.7 Å². The van der Waals surface area contributed by atoms with Gasteiger partial charge in [0, 0.05) is 6.42 Å². The van der Waals surface area contributed by atoms with Gasteiger partial charge >= 0.3 is 12.1 Å². The molecule has 4 N–H and O–H groups in total. The molecule has 35 heavy (non-hydrogen) atoms. The van der Waals surface area contributed by atoms with Crippen molar-refractivity contribution in [2.75, 3.05) is 19.7 Å². The molecular weight excluding hydrogens is 456 g/mol. The zero-order valence-electron chi connectivity index (χ0n) is 19.9. The van der Waals surface area contributed by atoms with Crippen LogP contribution in [0.4, 0.5) is 4.79 Å². The van der Waals surface area contributed by atoms with Gasteiger partial charge in [-0.05, 0) is 17.9 Å². The van der Waals surface area contributed by atoms with E-state index in [0.29, 0.717) is 6.42 Å². The summed E-state index contributed by atoms with van der Waals surface area (Å²) in [6, 6.07) is 6.25. The average molecular weight is 489 g/mol. The van der Waals surface area contributed by atoms with Crippen molar-refractivity contribution in [1.29, 1.82) is 0 Å². The number of carbonyl (C=O) groups is 5. The molecule has 190 valence electrons. The second-order valence-corrected chi connectivity index (χ2v) is 8.58. The molecule has 1 saturated heterocycles. The van der Waals surface area contributed by atoms with E-state index in [4.69, 9.17) is 9.84 Å². The van der Waals surface area contributed by atoms with Crippen molar-refractivity contribution in [3.05, 3.63) is 48.6 Å². The third-order valence-electron chi connectivity index (χ3n) is 5.16. The zero-order chi connectivity index (χ0) is 26.0. The molecule has 0 bridgehead atoms. The SMILES string of the molecule is C=CCOC(=O)N[C@@H](CC(C)C)C(=O)N1C[C@H]1C(=O)N[C@@H](Cc1ccccc1)C(=O)NCC(=O)O. The third kappa shape index (κ3) is 9.11. The standard InChI is InChI=1S/C24H32N4O7/c1-4-10-35-24(34)27-18(11-15(2)3)23(33)28-14-19(28)22(32)26-17(21(31)25-13-20(29)30)12-16-8-6-5-7-9-16/h4-9,15,17-19H,1,10-14H2,2-3H3,(H,25,31)(H,26,32)(H,27,34)(H,29,30)/t17-,18-,19-,28?/m0/s1. The lowest BCUT2D eigenvalue weighted by Crippen LogP contribution is -2.51. The van der Waals surface area contributed by atoms with Crippen LogP contribution in [0.2, 0.25) is 0 Å². The molecule has 4 amide bonds. The summed E-state index contributed by atoms with van der Waals surface area (Å²) in [6.45, 7) is 6.80. The van der Waals surface area contributed by atoms with Gasteiger partial charge in [0.1, 0.15) is 31.3 Å². The minimum Gasteiger partial charge on any atom is -0.480 e. The number of carbonyl (C=O) groups excluding carboxylic acids is 4. The van der Waals surface area contributed by atoms with Crippen molar-refractivity contribution in [1.82, 2.24) is 20.9 Å². The molecule has 0 unspecified atom stereocenters. The molecule has 1 aromatic carbocycles. The Kier molecular flexibility index (Phi) is 10.2. The van der Waals surface area contributed by atoms with Gasteiger partial charge in [-0.3, -0.25) is 19.2 Å². The first-order valence-corrected chi connectivity index (χ1v) is 11.3. The Labute approximate surface area is 203 Å². The second-order valence-electron chi connectivity index (χ2n) is 8.58. The number of benzene rings is 1. The number of hydrogen-bond acceptors (Lipinski definition) is 6. The highest BCUT2D eigenvalue weighted by Crippen LogP contribution is 2.22. The van der Waals surface area contributed by atoms with Crippen molar-refractivity contribution in [2.45, 2.75) is 44.8 Å². The normalized spacial score (nSPS) is 16.0. The first kappa shape index (κ1) is 27.4. The Morgan fingerprint density at radius 1 is 1.14 bits per heavy atom. The monoisotopic (exact) mass is 488 g/mol. The second kappa shape index (κ2) is 13.1. The fourth-order valence-corrected chi connectivity index (χ4v) is 3.43. The predicted octanol–water partition coefficient (Wildman–Crippen LogP) is 0.452. The molecule has 0 aromatic heterocycles. The predicted molar refractivity (Wildman–Crippen MR) is 126 cm³/mol. The van der Waals surface area contributed by atoms with E-state index >= 15 is 0 Å². The Morgan fingerprint density at radius 2 is 1.83 bits per heavy atom. The average Bonchev–Trinajstić information content (AvgIpc) is 3.61. The molecule has 11 heteroatoms. The maximum Gasteiger partial charge on any atom is 0.408 e. The lowest BCUT2D eigenvalue weighted by molar-refractivity contribution is -0.138. The maximum absolute atomic E-state index is 13.0. The minimum atomic E-state index is -1.21. The summed E-state index contributed by atoms with van der Waals surface area (Å²) in [5.74, 6) is -2.74. The number of aliphatic carboxylic acids is 1. The Balaban J connectivity index is 2.03. The number of carboxylic acids is 1. The van der Waals surface area contributed by atoms with E-state index in [9.17, 15) is 24.0 Å². The number of ether oxygens (including phenoxy) is 1. The highest BCUT2D eigenvalue weighted by Gasteiger charge is 2.47. The Morgan fingerprint density at radius 3 is 2.43 bits per heavy atom. The van der Waals surface area contributed by atoms with E-state index in [1.54, 1.807) is 24.3 Å². The summed E-state index contributed by atoms with van der Waals surface area (Å²) in [5.41, 5.74) is 0.770. The first-order chi connectivity index (χ1) is 16.6. The van der Waals surface area contributed by atoms with E-state index in [0.717, 1.165) is 5.56 Å². The molecule has 1 aliphatic heterocycles. The lowest BCUT2D eigenvalue weighted by atomic mass is 10.0. The quantitative estimate of drug-likeness (QED) is 0.232. The van der Waals surface area contributed by atoms with Gasteiger partial charge in [-0.1, -0.05) is 56.8 Å². The molecule has 0 aliphatic carbocycles. The number of carboxylic acid groups (broad SMARTS) is 1. The van der Waals surface area contributed by atoms with Crippen molar-refractivity contribution in [2.24, 2.45) is 5.92 Å². The summed E-state index contributed by atoms with van der Waals surface area (Å²) in [4.78, 5) is 62.4. The van der Waals surface area contributed by atoms with Crippen LogP contribution in [0, 0.1) is 5.92 Å². The largest absolute Gasteiger partial charge is 0.480 e. The van der Waals surface area contributed by atoms with Crippen LogP contribution in [0.1, 0.15) is 25.8 Å². The smallest absolute Gasteiger partial charge is 0.408 e. The van der Waals surface area contributed by atoms with Crippen LogP contribution in [0.15, 0.2) is 43.0 Å². The van der Waals surface area contributed by atoms with Crippen molar-refractivity contribution in [3.8, 4) is 0 Å².